The highest BCUT2D eigenvalue weighted by Gasteiger charge is 2.05. The molecule has 0 aliphatic carbocycles. The molecule has 0 atom stereocenters. The summed E-state index contributed by atoms with van der Waals surface area (Å²) >= 11 is 0. The van der Waals surface area contributed by atoms with Gasteiger partial charge in [0.1, 0.15) is 0 Å². The molecule has 2 N–H and O–H groups in total. The van der Waals surface area contributed by atoms with E-state index < -0.39 is 0 Å². The molecule has 0 aliphatic heterocycles. The van der Waals surface area contributed by atoms with Crippen LogP contribution in [0, 0.1) is 13.8 Å². The normalized spacial score (nSPS) is 9.15. The number of aryl methyl sites for hydroxylation is 2. The Balaban J connectivity index is 0.00000144. The number of nitrogens with two attached hydrogens (primary N) is 1. The summed E-state index contributed by atoms with van der Waals surface area (Å²) in [4.78, 5) is 11.2. The second kappa shape index (κ2) is 5.00. The van der Waals surface area contributed by atoms with Gasteiger partial charge in [-0.25, -0.2) is 0 Å². The van der Waals surface area contributed by atoms with E-state index in [2.05, 4.69) is 0 Å². The number of benzene rings is 1. The fourth-order valence-electron chi connectivity index (χ4n) is 1.24. The third-order valence-electron chi connectivity index (χ3n) is 1.87. The number of hydrogen-bond donors (Lipinski definition) is 1. The molecule has 0 aliphatic rings. The average Bonchev–Trinajstić information content (AvgIpc) is 2.03. The van der Waals surface area contributed by atoms with Crippen molar-refractivity contribution in [1.29, 1.82) is 0 Å². The molecule has 3 heteroatoms. The Morgan fingerprint density at radius 3 is 2.46 bits per heavy atom. The van der Waals surface area contributed by atoms with Crippen LogP contribution in [0.5, 0.6) is 0 Å². The first-order valence-electron chi connectivity index (χ1n) is 3.95. The predicted molar refractivity (Wildman–Crippen MR) is 56.5 cm³/mol. The maximum Gasteiger partial charge on any atom is 0.176 e. The second-order valence-electron chi connectivity index (χ2n) is 2.95. The molecule has 1 aromatic rings. The van der Waals surface area contributed by atoms with Crippen LogP contribution in [-0.2, 0) is 0 Å². The quantitative estimate of drug-likeness (QED) is 0.739. The molecule has 0 heterocycles. The summed E-state index contributed by atoms with van der Waals surface area (Å²) in [5.41, 5.74) is 8.17. The van der Waals surface area contributed by atoms with E-state index in [1.165, 1.54) is 5.56 Å². The molecule has 0 unspecified atom stereocenters. The highest BCUT2D eigenvalue weighted by molar-refractivity contribution is 5.98. The Labute approximate surface area is 84.5 Å². The number of rotatable bonds is 2. The van der Waals surface area contributed by atoms with Gasteiger partial charge in [-0.05, 0) is 19.4 Å². The fraction of sp³-hybridized carbons (Fsp3) is 0.300. The van der Waals surface area contributed by atoms with Gasteiger partial charge < -0.3 is 5.73 Å². The van der Waals surface area contributed by atoms with Crippen LogP contribution >= 0.6 is 12.4 Å². The summed E-state index contributed by atoms with van der Waals surface area (Å²) in [6.07, 6.45) is 0. The van der Waals surface area contributed by atoms with Crippen molar-refractivity contribution in [2.75, 3.05) is 6.54 Å². The van der Waals surface area contributed by atoms with Crippen molar-refractivity contribution >= 4 is 18.2 Å². The van der Waals surface area contributed by atoms with E-state index in [9.17, 15) is 4.79 Å². The summed E-state index contributed by atoms with van der Waals surface area (Å²) in [6, 6.07) is 5.75. The molecule has 2 nitrogen and oxygen atoms in total. The molecular formula is C10H14ClNO. The Bertz CT molecular complexity index is 310. The minimum atomic E-state index is 0. The Hall–Kier alpha value is -0.860. The third-order valence-corrected chi connectivity index (χ3v) is 1.87. The van der Waals surface area contributed by atoms with Crippen molar-refractivity contribution in [2.45, 2.75) is 13.8 Å². The molecule has 1 aromatic carbocycles. The van der Waals surface area contributed by atoms with Gasteiger partial charge in [0.15, 0.2) is 5.78 Å². The van der Waals surface area contributed by atoms with Gasteiger partial charge in [0.25, 0.3) is 0 Å². The summed E-state index contributed by atoms with van der Waals surface area (Å²) < 4.78 is 0. The lowest BCUT2D eigenvalue weighted by Gasteiger charge is -2.03. The highest BCUT2D eigenvalue weighted by atomic mass is 35.5. The molecule has 0 saturated heterocycles. The van der Waals surface area contributed by atoms with Crippen LogP contribution in [0.15, 0.2) is 18.2 Å². The van der Waals surface area contributed by atoms with E-state index in [4.69, 9.17) is 5.73 Å². The van der Waals surface area contributed by atoms with Gasteiger partial charge >= 0.3 is 0 Å². The first-order chi connectivity index (χ1) is 5.65. The second-order valence-corrected chi connectivity index (χ2v) is 2.95. The van der Waals surface area contributed by atoms with Crippen LogP contribution in [-0.4, -0.2) is 12.3 Å². The minimum absolute atomic E-state index is 0. The molecule has 0 spiro atoms. The number of carbonyl (C=O) groups is 1. The monoisotopic (exact) mass is 199 g/mol. The van der Waals surface area contributed by atoms with E-state index in [0.29, 0.717) is 0 Å². The Morgan fingerprint density at radius 1 is 1.38 bits per heavy atom. The first-order valence-corrected chi connectivity index (χ1v) is 3.95. The number of halogens is 1. The Morgan fingerprint density at radius 2 is 2.00 bits per heavy atom. The largest absolute Gasteiger partial charge is 0.324 e. The maximum atomic E-state index is 11.2. The van der Waals surface area contributed by atoms with Crippen LogP contribution in [0.4, 0.5) is 0 Å². The molecule has 1 rings (SSSR count). The van der Waals surface area contributed by atoms with E-state index in [1.807, 2.05) is 32.0 Å². The van der Waals surface area contributed by atoms with Crippen molar-refractivity contribution in [1.82, 2.24) is 0 Å². The van der Waals surface area contributed by atoms with Gasteiger partial charge in [-0.1, -0.05) is 23.8 Å². The summed E-state index contributed by atoms with van der Waals surface area (Å²) in [6.45, 7) is 4.02. The van der Waals surface area contributed by atoms with Crippen molar-refractivity contribution < 1.29 is 4.79 Å². The van der Waals surface area contributed by atoms with Crippen molar-refractivity contribution in [3.8, 4) is 0 Å². The molecule has 0 fully saturated rings. The number of carbonyl (C=O) groups excluding carboxylic acids is 1. The molecular weight excluding hydrogens is 186 g/mol. The van der Waals surface area contributed by atoms with E-state index >= 15 is 0 Å². The molecule has 72 valence electrons. The zero-order valence-electron chi connectivity index (χ0n) is 7.83. The van der Waals surface area contributed by atoms with E-state index in [-0.39, 0.29) is 24.7 Å². The summed E-state index contributed by atoms with van der Waals surface area (Å²) in [5.74, 6) is 0.00694. The van der Waals surface area contributed by atoms with E-state index in [1.54, 1.807) is 0 Å². The lowest BCUT2D eigenvalue weighted by molar-refractivity contribution is 0.100. The predicted octanol–water partition coefficient (Wildman–Crippen LogP) is 1.87. The van der Waals surface area contributed by atoms with Crippen molar-refractivity contribution in [2.24, 2.45) is 5.73 Å². The van der Waals surface area contributed by atoms with Crippen LogP contribution in [0.2, 0.25) is 0 Å². The molecule has 0 aromatic heterocycles. The van der Waals surface area contributed by atoms with Gasteiger partial charge in [0.05, 0.1) is 6.54 Å². The fourth-order valence-corrected chi connectivity index (χ4v) is 1.24. The standard InChI is InChI=1S/C10H13NO.ClH/c1-7-3-4-9(8(2)5-7)10(12)6-11;/h3-5H,6,11H2,1-2H3;1H. The summed E-state index contributed by atoms with van der Waals surface area (Å²) in [5, 5.41) is 0. The van der Waals surface area contributed by atoms with Crippen LogP contribution in [0.3, 0.4) is 0 Å². The number of hydrogen-bond acceptors (Lipinski definition) is 2. The summed E-state index contributed by atoms with van der Waals surface area (Å²) in [7, 11) is 0. The Kier molecular flexibility index (Phi) is 4.67. The highest BCUT2D eigenvalue weighted by Crippen LogP contribution is 2.10. The van der Waals surface area contributed by atoms with Crippen LogP contribution < -0.4 is 5.73 Å². The van der Waals surface area contributed by atoms with Crippen molar-refractivity contribution in [3.05, 3.63) is 34.9 Å². The number of ketones is 1. The molecule has 0 bridgehead atoms. The van der Waals surface area contributed by atoms with Crippen LogP contribution in [0.1, 0.15) is 21.5 Å². The van der Waals surface area contributed by atoms with Gasteiger partial charge in [0.2, 0.25) is 0 Å². The zero-order chi connectivity index (χ0) is 9.14. The van der Waals surface area contributed by atoms with Gasteiger partial charge in [-0.3, -0.25) is 4.79 Å². The van der Waals surface area contributed by atoms with Gasteiger partial charge in [-0.15, -0.1) is 12.4 Å². The SMILES string of the molecule is Cc1ccc(C(=O)CN)c(C)c1.Cl. The van der Waals surface area contributed by atoms with Gasteiger partial charge in [-0.2, -0.15) is 0 Å². The minimum Gasteiger partial charge on any atom is -0.324 e. The number of Topliss-reactive ketones (excluding diaryl/α,β-unsaturated/α-hetero) is 1. The maximum absolute atomic E-state index is 11.2. The van der Waals surface area contributed by atoms with Gasteiger partial charge in [0, 0.05) is 5.56 Å². The molecule has 0 saturated carbocycles. The topological polar surface area (TPSA) is 43.1 Å². The zero-order valence-corrected chi connectivity index (χ0v) is 8.65. The van der Waals surface area contributed by atoms with Crippen molar-refractivity contribution in [3.63, 3.8) is 0 Å². The molecule has 0 amide bonds. The lowest BCUT2D eigenvalue weighted by Crippen LogP contribution is -2.14. The average molecular weight is 200 g/mol. The third kappa shape index (κ3) is 2.83. The van der Waals surface area contributed by atoms with Crippen LogP contribution in [0.25, 0.3) is 0 Å². The van der Waals surface area contributed by atoms with E-state index in [0.717, 1.165) is 11.1 Å². The smallest absolute Gasteiger partial charge is 0.176 e. The lowest BCUT2D eigenvalue weighted by atomic mass is 10.0. The molecule has 0 radical (unpaired) electrons. The molecule has 13 heavy (non-hydrogen) atoms. The first kappa shape index (κ1) is 12.1.